The smallest absolute Gasteiger partial charge is 0.231 e. The third-order valence-corrected chi connectivity index (χ3v) is 6.98. The second-order valence-corrected chi connectivity index (χ2v) is 8.73. The number of hydrogen-bond donors (Lipinski definition) is 1. The van der Waals surface area contributed by atoms with Gasteiger partial charge in [0.1, 0.15) is 5.78 Å². The van der Waals surface area contributed by atoms with Crippen molar-refractivity contribution >= 4 is 5.78 Å². The molecule has 176 valence electrons. The predicted octanol–water partition coefficient (Wildman–Crippen LogP) is 3.23. The van der Waals surface area contributed by atoms with Gasteiger partial charge in [0.15, 0.2) is 23.0 Å². The number of carbonyl (C=O) groups is 1. The minimum absolute atomic E-state index is 0.0512. The molecular weight excluding hydrogens is 428 g/mol. The van der Waals surface area contributed by atoms with Gasteiger partial charge in [0.25, 0.3) is 0 Å². The van der Waals surface area contributed by atoms with E-state index in [1.807, 2.05) is 24.3 Å². The molecule has 2 aromatic carbocycles. The fourth-order valence-electron chi connectivity index (χ4n) is 5.59. The van der Waals surface area contributed by atoms with E-state index in [1.165, 1.54) is 0 Å². The molecule has 5 rings (SSSR count). The summed E-state index contributed by atoms with van der Waals surface area (Å²) in [5, 5.41) is 11.3. The van der Waals surface area contributed by atoms with E-state index < -0.39 is 6.10 Å². The Balaban J connectivity index is 1.72. The minimum atomic E-state index is -0.741. The Morgan fingerprint density at radius 3 is 2.21 bits per heavy atom. The molecule has 33 heavy (non-hydrogen) atoms. The average Bonchev–Trinajstić information content (AvgIpc) is 3.44. The summed E-state index contributed by atoms with van der Waals surface area (Å²) in [4.78, 5) is 12.0. The zero-order chi connectivity index (χ0) is 23.3. The Morgan fingerprint density at radius 1 is 1.00 bits per heavy atom. The predicted molar refractivity (Wildman–Crippen MR) is 117 cm³/mol. The molecule has 0 saturated carbocycles. The van der Waals surface area contributed by atoms with Gasteiger partial charge in [0.2, 0.25) is 12.5 Å². The fourth-order valence-corrected chi connectivity index (χ4v) is 5.59. The standard InChI is InChI=1S/C25H28O8/c1-12(26)5-19-23-16(10-31-19)24(27)15-9-18-17(32-11-33-18)8-14(15)22(23)13-6-20(28-2)25(30-4)21(7-13)29-3/h6-9,16,19,22-24,27H,5,10-11H2,1-4H3/t16-,19?,22+,23+,24+/m0/s1. The third kappa shape index (κ3) is 3.48. The van der Waals surface area contributed by atoms with Crippen LogP contribution in [0.5, 0.6) is 28.7 Å². The highest BCUT2D eigenvalue weighted by Gasteiger charge is 2.51. The Kier molecular flexibility index (Phi) is 5.58. The topological polar surface area (TPSA) is 92.7 Å². The van der Waals surface area contributed by atoms with Crippen LogP contribution in [0, 0.1) is 11.8 Å². The van der Waals surface area contributed by atoms with E-state index in [0.29, 0.717) is 35.4 Å². The number of ketones is 1. The lowest BCUT2D eigenvalue weighted by atomic mass is 9.64. The van der Waals surface area contributed by atoms with Crippen LogP contribution >= 0.6 is 0 Å². The second-order valence-electron chi connectivity index (χ2n) is 8.73. The van der Waals surface area contributed by atoms with Gasteiger partial charge >= 0.3 is 0 Å². The number of aliphatic hydroxyl groups is 1. The van der Waals surface area contributed by atoms with E-state index >= 15 is 0 Å². The van der Waals surface area contributed by atoms with E-state index in [2.05, 4.69) is 0 Å². The van der Waals surface area contributed by atoms with E-state index in [-0.39, 0.29) is 42.9 Å². The van der Waals surface area contributed by atoms with Gasteiger partial charge in [-0.2, -0.15) is 0 Å². The van der Waals surface area contributed by atoms with E-state index in [1.54, 1.807) is 28.3 Å². The SMILES string of the molecule is COc1cc([C@@H]2c3cc4c(cc3[C@@H](O)[C@H]3COC(CC(C)=O)[C@H]23)OCO4)cc(OC)c1OC. The van der Waals surface area contributed by atoms with Crippen LogP contribution in [0.15, 0.2) is 24.3 Å². The van der Waals surface area contributed by atoms with E-state index in [9.17, 15) is 9.90 Å². The Morgan fingerprint density at radius 2 is 1.64 bits per heavy atom. The van der Waals surface area contributed by atoms with Crippen molar-refractivity contribution in [3.05, 3.63) is 41.0 Å². The monoisotopic (exact) mass is 456 g/mol. The Hall–Kier alpha value is -2.97. The van der Waals surface area contributed by atoms with Gasteiger partial charge in [0, 0.05) is 24.2 Å². The first kappa shape index (κ1) is 21.9. The van der Waals surface area contributed by atoms with Crippen molar-refractivity contribution < 1.29 is 38.3 Å². The molecule has 0 spiro atoms. The van der Waals surface area contributed by atoms with Gasteiger partial charge in [0.05, 0.1) is 40.1 Å². The first-order valence-electron chi connectivity index (χ1n) is 11.0. The molecule has 1 aliphatic carbocycles. The van der Waals surface area contributed by atoms with Crippen LogP contribution in [0.1, 0.15) is 42.1 Å². The molecule has 2 aliphatic heterocycles. The highest BCUT2D eigenvalue weighted by atomic mass is 16.7. The van der Waals surface area contributed by atoms with Crippen molar-refractivity contribution in [1.29, 1.82) is 0 Å². The molecule has 3 aliphatic rings. The molecule has 0 aromatic heterocycles. The lowest BCUT2D eigenvalue weighted by Gasteiger charge is -2.40. The number of methoxy groups -OCH3 is 3. The largest absolute Gasteiger partial charge is 0.493 e. The van der Waals surface area contributed by atoms with E-state index in [4.69, 9.17) is 28.4 Å². The number of rotatable bonds is 6. The first-order chi connectivity index (χ1) is 16.0. The number of fused-ring (bicyclic) bond motifs is 3. The van der Waals surface area contributed by atoms with Gasteiger partial charge in [-0.1, -0.05) is 0 Å². The fraction of sp³-hybridized carbons (Fsp3) is 0.480. The van der Waals surface area contributed by atoms with Gasteiger partial charge in [-0.15, -0.1) is 0 Å². The minimum Gasteiger partial charge on any atom is -0.493 e. The van der Waals surface area contributed by atoms with Gasteiger partial charge in [-0.05, 0) is 47.9 Å². The quantitative estimate of drug-likeness (QED) is 0.708. The molecule has 2 heterocycles. The zero-order valence-corrected chi connectivity index (χ0v) is 19.1. The van der Waals surface area contributed by atoms with Crippen molar-refractivity contribution in [3.63, 3.8) is 0 Å². The van der Waals surface area contributed by atoms with Gasteiger partial charge < -0.3 is 33.5 Å². The van der Waals surface area contributed by atoms with Crippen LogP contribution in [-0.4, -0.2) is 51.7 Å². The summed E-state index contributed by atoms with van der Waals surface area (Å²) in [7, 11) is 4.73. The number of Topliss-reactive ketones (excluding diaryl/α,β-unsaturated/α-hetero) is 1. The van der Waals surface area contributed by atoms with Crippen molar-refractivity contribution in [2.24, 2.45) is 11.8 Å². The molecule has 1 N–H and O–H groups in total. The number of carbonyl (C=O) groups excluding carboxylic acids is 1. The Labute approximate surface area is 192 Å². The van der Waals surface area contributed by atoms with Crippen LogP contribution in [0.3, 0.4) is 0 Å². The summed E-state index contributed by atoms with van der Waals surface area (Å²) in [5.74, 6) is 2.40. The number of hydrogen-bond acceptors (Lipinski definition) is 8. The average molecular weight is 456 g/mol. The summed E-state index contributed by atoms with van der Waals surface area (Å²) in [6.45, 7) is 2.08. The molecular formula is C25H28O8. The maximum Gasteiger partial charge on any atom is 0.231 e. The molecule has 8 heteroatoms. The van der Waals surface area contributed by atoms with Crippen LogP contribution in [0.25, 0.3) is 0 Å². The summed E-state index contributed by atoms with van der Waals surface area (Å²) in [6, 6.07) is 7.66. The van der Waals surface area contributed by atoms with Crippen molar-refractivity contribution in [2.75, 3.05) is 34.7 Å². The zero-order valence-electron chi connectivity index (χ0n) is 19.1. The summed E-state index contributed by atoms with van der Waals surface area (Å²) < 4.78 is 34.1. The second kappa shape index (κ2) is 8.43. The van der Waals surface area contributed by atoms with Crippen molar-refractivity contribution in [3.8, 4) is 28.7 Å². The lowest BCUT2D eigenvalue weighted by Crippen LogP contribution is -2.37. The molecule has 1 unspecified atom stereocenters. The molecule has 2 aromatic rings. The summed E-state index contributed by atoms with van der Waals surface area (Å²) in [6.07, 6.45) is -0.770. The van der Waals surface area contributed by atoms with E-state index in [0.717, 1.165) is 16.7 Å². The van der Waals surface area contributed by atoms with Crippen LogP contribution in [-0.2, 0) is 9.53 Å². The molecule has 8 nitrogen and oxygen atoms in total. The first-order valence-corrected chi connectivity index (χ1v) is 11.0. The van der Waals surface area contributed by atoms with Crippen LogP contribution < -0.4 is 23.7 Å². The van der Waals surface area contributed by atoms with Gasteiger partial charge in [-0.25, -0.2) is 0 Å². The maximum absolute atomic E-state index is 12.0. The molecule has 0 radical (unpaired) electrons. The molecule has 0 amide bonds. The summed E-state index contributed by atoms with van der Waals surface area (Å²) in [5.41, 5.74) is 2.62. The molecule has 0 bridgehead atoms. The summed E-state index contributed by atoms with van der Waals surface area (Å²) >= 11 is 0. The van der Waals surface area contributed by atoms with Crippen molar-refractivity contribution in [2.45, 2.75) is 31.5 Å². The molecule has 5 atom stereocenters. The number of aliphatic hydroxyl groups excluding tert-OH is 1. The maximum atomic E-state index is 12.0. The van der Waals surface area contributed by atoms with Crippen LogP contribution in [0.2, 0.25) is 0 Å². The highest BCUT2D eigenvalue weighted by molar-refractivity contribution is 5.76. The lowest BCUT2D eigenvalue weighted by molar-refractivity contribution is -0.119. The molecule has 1 saturated heterocycles. The molecule has 1 fully saturated rings. The Bertz CT molecular complexity index is 1060. The highest BCUT2D eigenvalue weighted by Crippen LogP contribution is 2.57. The normalized spacial score (nSPS) is 27.0. The third-order valence-electron chi connectivity index (χ3n) is 6.98. The number of benzene rings is 2. The van der Waals surface area contributed by atoms with Crippen LogP contribution in [0.4, 0.5) is 0 Å². The van der Waals surface area contributed by atoms with Gasteiger partial charge in [-0.3, -0.25) is 4.79 Å². The number of ether oxygens (including phenoxy) is 6. The van der Waals surface area contributed by atoms with Crippen molar-refractivity contribution in [1.82, 2.24) is 0 Å².